The predicted octanol–water partition coefficient (Wildman–Crippen LogP) is 2.21. The van der Waals surface area contributed by atoms with Crippen LogP contribution in [0.15, 0.2) is 66.2 Å². The third kappa shape index (κ3) is 2.69. The molecule has 0 bridgehead atoms. The van der Waals surface area contributed by atoms with Crippen LogP contribution in [-0.4, -0.2) is 18.4 Å². The Kier molecular flexibility index (Phi) is 3.51. The van der Waals surface area contributed by atoms with Crippen LogP contribution in [0.25, 0.3) is 5.57 Å². The fourth-order valence-corrected chi connectivity index (χ4v) is 2.32. The van der Waals surface area contributed by atoms with Crippen molar-refractivity contribution < 1.29 is 9.59 Å². The fourth-order valence-electron chi connectivity index (χ4n) is 2.32. The van der Waals surface area contributed by atoms with Gasteiger partial charge >= 0.3 is 0 Å². The van der Waals surface area contributed by atoms with Gasteiger partial charge in [-0.15, -0.1) is 0 Å². The molecule has 1 aliphatic heterocycles. The van der Waals surface area contributed by atoms with Crippen molar-refractivity contribution in [2.45, 2.75) is 0 Å². The number of benzene rings is 2. The Bertz CT molecular complexity index is 706. The number of amides is 2. The molecule has 1 heterocycles. The molecule has 0 aromatic heterocycles. The van der Waals surface area contributed by atoms with Gasteiger partial charge in [0.1, 0.15) is 5.57 Å². The standard InChI is InChI=1S/C17H14N2O2/c20-16-15(17(21)19-13-9-5-2-6-10-13)14(11-18-16)12-7-3-1-4-8-12/h1-10H,11H2,(H,18,20)(H,19,21). The Morgan fingerprint density at radius 1 is 0.952 bits per heavy atom. The Balaban J connectivity index is 1.93. The lowest BCUT2D eigenvalue weighted by molar-refractivity contribution is -0.120. The highest BCUT2D eigenvalue weighted by Gasteiger charge is 2.29. The smallest absolute Gasteiger partial charge is 0.261 e. The summed E-state index contributed by atoms with van der Waals surface area (Å²) in [6, 6.07) is 18.6. The summed E-state index contributed by atoms with van der Waals surface area (Å²) >= 11 is 0. The number of carbonyl (C=O) groups is 2. The second-order valence-corrected chi connectivity index (χ2v) is 4.72. The van der Waals surface area contributed by atoms with E-state index in [0.717, 1.165) is 11.1 Å². The maximum Gasteiger partial charge on any atom is 0.261 e. The molecule has 0 fully saturated rings. The van der Waals surface area contributed by atoms with Crippen molar-refractivity contribution in [3.8, 4) is 0 Å². The molecule has 4 heteroatoms. The van der Waals surface area contributed by atoms with Gasteiger partial charge in [0.05, 0.1) is 0 Å². The monoisotopic (exact) mass is 278 g/mol. The van der Waals surface area contributed by atoms with Gasteiger partial charge in [0.15, 0.2) is 0 Å². The molecular weight excluding hydrogens is 264 g/mol. The zero-order valence-corrected chi connectivity index (χ0v) is 11.3. The lowest BCUT2D eigenvalue weighted by Gasteiger charge is -2.07. The van der Waals surface area contributed by atoms with Gasteiger partial charge in [-0.05, 0) is 23.3 Å². The van der Waals surface area contributed by atoms with E-state index >= 15 is 0 Å². The van der Waals surface area contributed by atoms with E-state index in [0.29, 0.717) is 12.2 Å². The molecule has 0 spiro atoms. The molecule has 0 saturated heterocycles. The third-order valence-electron chi connectivity index (χ3n) is 3.34. The summed E-state index contributed by atoms with van der Waals surface area (Å²) in [6.45, 7) is 0.375. The third-order valence-corrected chi connectivity index (χ3v) is 3.34. The number of para-hydroxylation sites is 1. The van der Waals surface area contributed by atoms with Gasteiger partial charge in [0.2, 0.25) is 0 Å². The van der Waals surface area contributed by atoms with E-state index in [1.165, 1.54) is 0 Å². The Hall–Kier alpha value is -2.88. The van der Waals surface area contributed by atoms with Gasteiger partial charge in [0.25, 0.3) is 11.8 Å². The highest BCUT2D eigenvalue weighted by Crippen LogP contribution is 2.23. The SMILES string of the molecule is O=C1NCC(c2ccccc2)=C1C(=O)Nc1ccccc1. The van der Waals surface area contributed by atoms with Crippen LogP contribution >= 0.6 is 0 Å². The molecule has 2 aromatic carbocycles. The minimum Gasteiger partial charge on any atom is -0.348 e. The second-order valence-electron chi connectivity index (χ2n) is 4.72. The van der Waals surface area contributed by atoms with E-state index in [-0.39, 0.29) is 17.4 Å². The first-order valence-corrected chi connectivity index (χ1v) is 6.69. The Labute approximate surface area is 122 Å². The molecule has 3 rings (SSSR count). The first-order chi connectivity index (χ1) is 10.3. The summed E-state index contributed by atoms with van der Waals surface area (Å²) < 4.78 is 0. The van der Waals surface area contributed by atoms with Crippen LogP contribution in [0.5, 0.6) is 0 Å². The molecule has 2 aromatic rings. The van der Waals surface area contributed by atoms with E-state index in [1.807, 2.05) is 48.5 Å². The zero-order chi connectivity index (χ0) is 14.7. The number of anilines is 1. The van der Waals surface area contributed by atoms with Gasteiger partial charge in [0, 0.05) is 12.2 Å². The number of hydrogen-bond acceptors (Lipinski definition) is 2. The van der Waals surface area contributed by atoms with Gasteiger partial charge in [-0.2, -0.15) is 0 Å². The predicted molar refractivity (Wildman–Crippen MR) is 81.4 cm³/mol. The summed E-state index contributed by atoms with van der Waals surface area (Å²) in [7, 11) is 0. The lowest BCUT2D eigenvalue weighted by Crippen LogP contribution is -2.24. The van der Waals surface area contributed by atoms with E-state index in [1.54, 1.807) is 12.1 Å². The number of carbonyl (C=O) groups excluding carboxylic acids is 2. The van der Waals surface area contributed by atoms with Crippen LogP contribution in [0.3, 0.4) is 0 Å². The average Bonchev–Trinajstić information content (AvgIpc) is 2.91. The van der Waals surface area contributed by atoms with Crippen molar-refractivity contribution in [3.05, 3.63) is 71.8 Å². The molecule has 0 unspecified atom stereocenters. The van der Waals surface area contributed by atoms with Crippen molar-refractivity contribution in [2.75, 3.05) is 11.9 Å². The van der Waals surface area contributed by atoms with Crippen LogP contribution in [0, 0.1) is 0 Å². The summed E-state index contributed by atoms with van der Waals surface area (Å²) in [5, 5.41) is 5.47. The molecule has 0 aliphatic carbocycles. The van der Waals surface area contributed by atoms with Crippen LogP contribution in [0.2, 0.25) is 0 Å². The van der Waals surface area contributed by atoms with Gasteiger partial charge in [-0.3, -0.25) is 9.59 Å². The summed E-state index contributed by atoms with van der Waals surface area (Å²) in [5.74, 6) is -0.711. The summed E-state index contributed by atoms with van der Waals surface area (Å²) in [6.07, 6.45) is 0. The molecule has 0 atom stereocenters. The van der Waals surface area contributed by atoms with E-state index in [2.05, 4.69) is 10.6 Å². The lowest BCUT2D eigenvalue weighted by atomic mass is 10.0. The van der Waals surface area contributed by atoms with Crippen molar-refractivity contribution in [1.29, 1.82) is 0 Å². The van der Waals surface area contributed by atoms with E-state index < -0.39 is 0 Å². The first-order valence-electron chi connectivity index (χ1n) is 6.69. The molecule has 21 heavy (non-hydrogen) atoms. The van der Waals surface area contributed by atoms with E-state index in [9.17, 15) is 9.59 Å². The van der Waals surface area contributed by atoms with Gasteiger partial charge < -0.3 is 10.6 Å². The minimum atomic E-state index is -0.380. The zero-order valence-electron chi connectivity index (χ0n) is 11.3. The fraction of sp³-hybridized carbons (Fsp3) is 0.0588. The molecule has 2 N–H and O–H groups in total. The number of rotatable bonds is 3. The molecule has 2 amide bonds. The molecular formula is C17H14N2O2. The topological polar surface area (TPSA) is 58.2 Å². The molecule has 1 aliphatic rings. The average molecular weight is 278 g/mol. The molecule has 104 valence electrons. The van der Waals surface area contributed by atoms with Crippen LogP contribution in [-0.2, 0) is 9.59 Å². The maximum atomic E-state index is 12.4. The first kappa shape index (κ1) is 13.1. The minimum absolute atomic E-state index is 0.185. The molecule has 0 radical (unpaired) electrons. The largest absolute Gasteiger partial charge is 0.348 e. The highest BCUT2D eigenvalue weighted by atomic mass is 16.2. The number of nitrogens with one attached hydrogen (secondary N) is 2. The van der Waals surface area contributed by atoms with Crippen molar-refractivity contribution in [2.24, 2.45) is 0 Å². The van der Waals surface area contributed by atoms with Crippen molar-refractivity contribution in [3.63, 3.8) is 0 Å². The molecule has 0 saturated carbocycles. The number of hydrogen-bond donors (Lipinski definition) is 2. The summed E-state index contributed by atoms with van der Waals surface area (Å²) in [5.41, 5.74) is 2.47. The van der Waals surface area contributed by atoms with E-state index in [4.69, 9.17) is 0 Å². The second kappa shape index (κ2) is 5.63. The highest BCUT2D eigenvalue weighted by molar-refractivity contribution is 6.29. The molecule has 4 nitrogen and oxygen atoms in total. The summed E-state index contributed by atoms with van der Waals surface area (Å²) in [4.78, 5) is 24.3. The quantitative estimate of drug-likeness (QED) is 0.846. The van der Waals surface area contributed by atoms with Crippen LogP contribution in [0.1, 0.15) is 5.56 Å². The van der Waals surface area contributed by atoms with Gasteiger partial charge in [-0.1, -0.05) is 48.5 Å². The van der Waals surface area contributed by atoms with Crippen molar-refractivity contribution >= 4 is 23.1 Å². The van der Waals surface area contributed by atoms with Gasteiger partial charge in [-0.25, -0.2) is 0 Å². The Morgan fingerprint density at radius 2 is 1.57 bits per heavy atom. The van der Waals surface area contributed by atoms with Crippen LogP contribution < -0.4 is 10.6 Å². The normalized spacial score (nSPS) is 14.0. The van der Waals surface area contributed by atoms with Crippen LogP contribution in [0.4, 0.5) is 5.69 Å². The maximum absolute atomic E-state index is 12.4. The Morgan fingerprint density at radius 3 is 2.24 bits per heavy atom. The van der Waals surface area contributed by atoms with Crippen molar-refractivity contribution in [1.82, 2.24) is 5.32 Å².